The molecule has 0 unspecified atom stereocenters. The van der Waals surface area contributed by atoms with Crippen molar-refractivity contribution < 1.29 is 13.2 Å². The average Bonchev–Trinajstić information content (AvgIpc) is 2.32. The van der Waals surface area contributed by atoms with Gasteiger partial charge in [0.05, 0.1) is 5.56 Å². The van der Waals surface area contributed by atoms with Crippen LogP contribution in [0.15, 0.2) is 12.1 Å². The lowest BCUT2D eigenvalue weighted by Gasteiger charge is -2.20. The fraction of sp³-hybridized carbons (Fsp3) is 0.615. The molecule has 0 saturated heterocycles. The normalized spacial score (nSPS) is 12.2. The van der Waals surface area contributed by atoms with Crippen molar-refractivity contribution in [3.05, 3.63) is 17.7 Å². The van der Waals surface area contributed by atoms with E-state index in [1.807, 2.05) is 7.05 Å². The maximum atomic E-state index is 12.6. The zero-order chi connectivity index (χ0) is 15.3. The minimum Gasteiger partial charge on any atom is -0.384 e. The van der Waals surface area contributed by atoms with Gasteiger partial charge in [-0.1, -0.05) is 0 Å². The van der Waals surface area contributed by atoms with Gasteiger partial charge in [0.1, 0.15) is 11.6 Å². The average molecular weight is 290 g/mol. The Morgan fingerprint density at radius 1 is 1.35 bits per heavy atom. The van der Waals surface area contributed by atoms with E-state index in [0.717, 1.165) is 25.1 Å². The van der Waals surface area contributed by atoms with Crippen LogP contribution in [0.4, 0.5) is 24.8 Å². The number of halogens is 3. The van der Waals surface area contributed by atoms with E-state index in [1.54, 1.807) is 0 Å². The van der Waals surface area contributed by atoms with Crippen LogP contribution in [0.5, 0.6) is 0 Å². The summed E-state index contributed by atoms with van der Waals surface area (Å²) in [7, 11) is 2.01. The maximum absolute atomic E-state index is 12.6. The molecule has 0 aliphatic heterocycles. The summed E-state index contributed by atoms with van der Waals surface area (Å²) >= 11 is 0. The summed E-state index contributed by atoms with van der Waals surface area (Å²) in [4.78, 5) is 6.01. The fourth-order valence-electron chi connectivity index (χ4n) is 1.61. The SMILES string of the molecule is CC(C)N(C)CCCNc1cc(C(F)(F)F)cc(N)n1. The molecule has 4 nitrogen and oxygen atoms in total. The lowest BCUT2D eigenvalue weighted by atomic mass is 10.2. The molecular formula is C13H21F3N4. The molecule has 1 heterocycles. The number of rotatable bonds is 6. The Hall–Kier alpha value is -1.50. The second-order valence-electron chi connectivity index (χ2n) is 5.02. The van der Waals surface area contributed by atoms with Crippen molar-refractivity contribution in [3.63, 3.8) is 0 Å². The van der Waals surface area contributed by atoms with Gasteiger partial charge in [-0.2, -0.15) is 13.2 Å². The van der Waals surface area contributed by atoms with E-state index < -0.39 is 11.7 Å². The van der Waals surface area contributed by atoms with Gasteiger partial charge in [-0.05, 0) is 46.0 Å². The topological polar surface area (TPSA) is 54.2 Å². The fourth-order valence-corrected chi connectivity index (χ4v) is 1.61. The predicted molar refractivity (Wildman–Crippen MR) is 74.5 cm³/mol. The summed E-state index contributed by atoms with van der Waals surface area (Å²) in [6.45, 7) is 5.58. The largest absolute Gasteiger partial charge is 0.416 e. The summed E-state index contributed by atoms with van der Waals surface area (Å²) in [6, 6.07) is 2.25. The lowest BCUT2D eigenvalue weighted by molar-refractivity contribution is -0.137. The lowest BCUT2D eigenvalue weighted by Crippen LogP contribution is -2.28. The number of nitrogen functional groups attached to an aromatic ring is 1. The second-order valence-corrected chi connectivity index (χ2v) is 5.02. The van der Waals surface area contributed by atoms with Crippen LogP contribution < -0.4 is 11.1 Å². The number of nitrogens with two attached hydrogens (primary N) is 1. The first kappa shape index (κ1) is 16.6. The van der Waals surface area contributed by atoms with Crippen LogP contribution in [0, 0.1) is 0 Å². The van der Waals surface area contributed by atoms with Crippen LogP contribution in [0.1, 0.15) is 25.8 Å². The summed E-state index contributed by atoms with van der Waals surface area (Å²) in [5.74, 6) is 0.0196. The van der Waals surface area contributed by atoms with Gasteiger partial charge >= 0.3 is 6.18 Å². The molecule has 0 radical (unpaired) electrons. The van der Waals surface area contributed by atoms with Gasteiger partial charge < -0.3 is 16.0 Å². The highest BCUT2D eigenvalue weighted by Gasteiger charge is 2.31. The summed E-state index contributed by atoms with van der Waals surface area (Å²) < 4.78 is 37.8. The molecule has 0 fully saturated rings. The van der Waals surface area contributed by atoms with E-state index in [2.05, 4.69) is 29.0 Å². The number of hydrogen-bond acceptors (Lipinski definition) is 4. The number of nitrogens with zero attached hydrogens (tertiary/aromatic N) is 2. The van der Waals surface area contributed by atoms with Crippen molar-refractivity contribution in [1.29, 1.82) is 0 Å². The predicted octanol–water partition coefficient (Wildman–Crippen LogP) is 2.82. The molecule has 0 saturated carbocycles. The van der Waals surface area contributed by atoms with E-state index in [0.29, 0.717) is 12.6 Å². The molecule has 0 atom stereocenters. The smallest absolute Gasteiger partial charge is 0.384 e. The second kappa shape index (κ2) is 6.78. The summed E-state index contributed by atoms with van der Waals surface area (Å²) in [6.07, 6.45) is -3.60. The molecule has 1 rings (SSSR count). The van der Waals surface area contributed by atoms with Crippen molar-refractivity contribution in [2.24, 2.45) is 0 Å². The van der Waals surface area contributed by atoms with Crippen molar-refractivity contribution in [2.75, 3.05) is 31.2 Å². The highest BCUT2D eigenvalue weighted by atomic mass is 19.4. The zero-order valence-corrected chi connectivity index (χ0v) is 12.0. The monoisotopic (exact) mass is 290 g/mol. The van der Waals surface area contributed by atoms with Crippen LogP contribution in [0.3, 0.4) is 0 Å². The molecule has 0 amide bonds. The third-order valence-electron chi connectivity index (χ3n) is 3.05. The Balaban J connectivity index is 2.54. The Bertz CT molecular complexity index is 432. The first-order valence-electron chi connectivity index (χ1n) is 6.49. The zero-order valence-electron chi connectivity index (χ0n) is 12.0. The molecule has 0 aliphatic rings. The highest BCUT2D eigenvalue weighted by molar-refractivity contribution is 5.47. The van der Waals surface area contributed by atoms with Gasteiger partial charge in [0.25, 0.3) is 0 Å². The summed E-state index contributed by atoms with van der Waals surface area (Å²) in [5.41, 5.74) is 4.60. The quantitative estimate of drug-likeness (QED) is 0.791. The Kier molecular flexibility index (Phi) is 5.62. The van der Waals surface area contributed by atoms with Gasteiger partial charge in [-0.15, -0.1) is 0 Å². The maximum Gasteiger partial charge on any atom is 0.416 e. The molecule has 1 aromatic heterocycles. The van der Waals surface area contributed by atoms with Crippen LogP contribution >= 0.6 is 0 Å². The van der Waals surface area contributed by atoms with Crippen LogP contribution in [-0.4, -0.2) is 36.1 Å². The molecule has 0 bridgehead atoms. The Morgan fingerprint density at radius 3 is 2.55 bits per heavy atom. The minimum absolute atomic E-state index is 0.137. The number of nitrogens with one attached hydrogen (secondary N) is 1. The van der Waals surface area contributed by atoms with E-state index in [1.165, 1.54) is 0 Å². The molecule has 20 heavy (non-hydrogen) atoms. The molecular weight excluding hydrogens is 269 g/mol. The first-order valence-corrected chi connectivity index (χ1v) is 6.49. The van der Waals surface area contributed by atoms with E-state index >= 15 is 0 Å². The summed E-state index contributed by atoms with van der Waals surface area (Å²) in [5, 5.41) is 2.87. The molecule has 0 aliphatic carbocycles. The van der Waals surface area contributed by atoms with Gasteiger partial charge in [0.15, 0.2) is 0 Å². The molecule has 1 aromatic rings. The Labute approximate surface area is 117 Å². The number of hydrogen-bond donors (Lipinski definition) is 2. The van der Waals surface area contributed by atoms with Crippen molar-refractivity contribution in [2.45, 2.75) is 32.5 Å². The molecule has 3 N–H and O–H groups in total. The molecule has 0 spiro atoms. The van der Waals surface area contributed by atoms with Gasteiger partial charge in [0.2, 0.25) is 0 Å². The Morgan fingerprint density at radius 2 is 2.00 bits per heavy atom. The molecule has 7 heteroatoms. The molecule has 114 valence electrons. The van der Waals surface area contributed by atoms with Crippen LogP contribution in [-0.2, 0) is 6.18 Å². The van der Waals surface area contributed by atoms with Crippen molar-refractivity contribution in [3.8, 4) is 0 Å². The third-order valence-corrected chi connectivity index (χ3v) is 3.05. The van der Waals surface area contributed by atoms with E-state index in [9.17, 15) is 13.2 Å². The van der Waals surface area contributed by atoms with Gasteiger partial charge in [-0.3, -0.25) is 0 Å². The third kappa shape index (κ3) is 5.24. The van der Waals surface area contributed by atoms with E-state index in [4.69, 9.17) is 5.73 Å². The minimum atomic E-state index is -4.41. The van der Waals surface area contributed by atoms with Gasteiger partial charge in [-0.25, -0.2) is 4.98 Å². The number of anilines is 2. The van der Waals surface area contributed by atoms with Crippen molar-refractivity contribution in [1.82, 2.24) is 9.88 Å². The number of alkyl halides is 3. The standard InChI is InChI=1S/C13H21F3N4/c1-9(2)20(3)6-4-5-18-12-8-10(13(14,15)16)7-11(17)19-12/h7-9H,4-6H2,1-3H3,(H3,17,18,19). The highest BCUT2D eigenvalue weighted by Crippen LogP contribution is 2.31. The van der Waals surface area contributed by atoms with E-state index in [-0.39, 0.29) is 11.6 Å². The van der Waals surface area contributed by atoms with Crippen LogP contribution in [0.2, 0.25) is 0 Å². The van der Waals surface area contributed by atoms with Crippen LogP contribution in [0.25, 0.3) is 0 Å². The van der Waals surface area contributed by atoms with Gasteiger partial charge in [0, 0.05) is 12.6 Å². The first-order chi connectivity index (χ1) is 9.20. The number of aromatic nitrogens is 1. The van der Waals surface area contributed by atoms with Crippen molar-refractivity contribution >= 4 is 11.6 Å². The molecule has 0 aromatic carbocycles. The number of pyridine rings is 1.